The Labute approximate surface area is 108 Å². The Morgan fingerprint density at radius 3 is 1.89 bits per heavy atom. The third-order valence-electron chi connectivity index (χ3n) is 3.50. The fraction of sp³-hybridized carbons (Fsp3) is 0.111. The molecule has 0 spiro atoms. The summed E-state index contributed by atoms with van der Waals surface area (Å²) in [6.07, 6.45) is 3.36. The van der Waals surface area contributed by atoms with Crippen LogP contribution in [0.1, 0.15) is 24.5 Å². The van der Waals surface area contributed by atoms with Crippen molar-refractivity contribution in [3.63, 3.8) is 0 Å². The van der Waals surface area contributed by atoms with E-state index >= 15 is 0 Å². The van der Waals surface area contributed by atoms with E-state index in [2.05, 4.69) is 73.7 Å². The van der Waals surface area contributed by atoms with Crippen LogP contribution in [0.2, 0.25) is 0 Å². The molecule has 1 aliphatic carbocycles. The average Bonchev–Trinajstić information content (AvgIpc) is 2.83. The standard InChI is InChI=1S/C18H16/c1-14-12-17(15-8-4-2-5-9-15)13-18(14)16-10-6-3-7-11-16/h2-12H,13H2,1H3. The van der Waals surface area contributed by atoms with Gasteiger partial charge in [0.25, 0.3) is 0 Å². The minimum atomic E-state index is 1.04. The Kier molecular flexibility index (Phi) is 2.85. The van der Waals surface area contributed by atoms with Crippen LogP contribution in [0.3, 0.4) is 0 Å². The van der Waals surface area contributed by atoms with E-state index in [1.54, 1.807) is 0 Å². The third kappa shape index (κ3) is 2.02. The van der Waals surface area contributed by atoms with Crippen molar-refractivity contribution in [2.45, 2.75) is 13.3 Å². The summed E-state index contributed by atoms with van der Waals surface area (Å²) in [6.45, 7) is 2.21. The number of allylic oxidation sites excluding steroid dienone is 4. The molecule has 2 aromatic carbocycles. The van der Waals surface area contributed by atoms with E-state index in [0.717, 1.165) is 6.42 Å². The number of benzene rings is 2. The highest BCUT2D eigenvalue weighted by molar-refractivity contribution is 5.89. The Morgan fingerprint density at radius 1 is 0.722 bits per heavy atom. The van der Waals surface area contributed by atoms with Crippen LogP contribution in [-0.2, 0) is 0 Å². The van der Waals surface area contributed by atoms with Gasteiger partial charge in [0.05, 0.1) is 0 Å². The first kappa shape index (κ1) is 11.0. The van der Waals surface area contributed by atoms with Gasteiger partial charge in [-0.2, -0.15) is 0 Å². The van der Waals surface area contributed by atoms with E-state index in [9.17, 15) is 0 Å². The summed E-state index contributed by atoms with van der Waals surface area (Å²) in [4.78, 5) is 0. The van der Waals surface area contributed by atoms with Crippen molar-refractivity contribution < 1.29 is 0 Å². The van der Waals surface area contributed by atoms with Crippen LogP contribution in [0.25, 0.3) is 11.1 Å². The van der Waals surface area contributed by atoms with Crippen LogP contribution in [0.4, 0.5) is 0 Å². The van der Waals surface area contributed by atoms with E-state index in [-0.39, 0.29) is 0 Å². The summed E-state index contributed by atoms with van der Waals surface area (Å²) in [5, 5.41) is 0. The first-order chi connectivity index (χ1) is 8.84. The predicted octanol–water partition coefficient (Wildman–Crippen LogP) is 4.95. The highest BCUT2D eigenvalue weighted by Crippen LogP contribution is 2.37. The van der Waals surface area contributed by atoms with Gasteiger partial charge in [0.2, 0.25) is 0 Å². The molecule has 0 heteroatoms. The predicted molar refractivity (Wildman–Crippen MR) is 78.1 cm³/mol. The zero-order valence-corrected chi connectivity index (χ0v) is 10.6. The van der Waals surface area contributed by atoms with Gasteiger partial charge in [-0.3, -0.25) is 0 Å². The molecule has 0 atom stereocenters. The number of rotatable bonds is 2. The van der Waals surface area contributed by atoms with Gasteiger partial charge in [-0.1, -0.05) is 66.7 Å². The van der Waals surface area contributed by atoms with E-state index in [4.69, 9.17) is 0 Å². The van der Waals surface area contributed by atoms with Gasteiger partial charge in [-0.05, 0) is 41.2 Å². The average molecular weight is 232 g/mol. The molecule has 0 radical (unpaired) electrons. The molecular weight excluding hydrogens is 216 g/mol. The molecular formula is C18H16. The van der Waals surface area contributed by atoms with Crippen molar-refractivity contribution >= 4 is 11.1 Å². The van der Waals surface area contributed by atoms with Crippen LogP contribution in [-0.4, -0.2) is 0 Å². The molecule has 2 aromatic rings. The van der Waals surface area contributed by atoms with E-state index in [0.29, 0.717) is 0 Å². The van der Waals surface area contributed by atoms with Crippen molar-refractivity contribution in [1.82, 2.24) is 0 Å². The van der Waals surface area contributed by atoms with Gasteiger partial charge in [0.1, 0.15) is 0 Å². The van der Waals surface area contributed by atoms with Crippen LogP contribution < -0.4 is 0 Å². The molecule has 0 saturated carbocycles. The van der Waals surface area contributed by atoms with Gasteiger partial charge in [0.15, 0.2) is 0 Å². The van der Waals surface area contributed by atoms with Crippen molar-refractivity contribution in [1.29, 1.82) is 0 Å². The Bertz CT molecular complexity index is 601. The lowest BCUT2D eigenvalue weighted by molar-refractivity contribution is 1.40. The molecule has 0 aromatic heterocycles. The summed E-state index contributed by atoms with van der Waals surface area (Å²) in [5.41, 5.74) is 6.95. The molecule has 0 unspecified atom stereocenters. The molecule has 1 aliphatic rings. The SMILES string of the molecule is CC1=C(c2ccccc2)CC(c2ccccc2)=C1. The fourth-order valence-corrected chi connectivity index (χ4v) is 2.54. The first-order valence-electron chi connectivity index (χ1n) is 6.36. The second-order valence-electron chi connectivity index (χ2n) is 4.74. The Balaban J connectivity index is 1.90. The molecule has 0 nitrogen and oxygen atoms in total. The van der Waals surface area contributed by atoms with Crippen LogP contribution in [0.15, 0.2) is 72.3 Å². The normalized spacial score (nSPS) is 14.8. The van der Waals surface area contributed by atoms with E-state index in [1.165, 1.54) is 27.8 Å². The van der Waals surface area contributed by atoms with Gasteiger partial charge < -0.3 is 0 Å². The lowest BCUT2D eigenvalue weighted by Crippen LogP contribution is -1.85. The van der Waals surface area contributed by atoms with Crippen LogP contribution in [0, 0.1) is 0 Å². The highest BCUT2D eigenvalue weighted by Gasteiger charge is 2.15. The summed E-state index contributed by atoms with van der Waals surface area (Å²) in [5.74, 6) is 0. The summed E-state index contributed by atoms with van der Waals surface area (Å²) < 4.78 is 0. The van der Waals surface area contributed by atoms with Gasteiger partial charge in [-0.15, -0.1) is 0 Å². The Morgan fingerprint density at radius 2 is 1.28 bits per heavy atom. The lowest BCUT2D eigenvalue weighted by Gasteiger charge is -2.06. The van der Waals surface area contributed by atoms with Crippen molar-refractivity contribution in [3.8, 4) is 0 Å². The molecule has 88 valence electrons. The second-order valence-corrected chi connectivity index (χ2v) is 4.74. The molecule has 0 saturated heterocycles. The number of hydrogen-bond acceptors (Lipinski definition) is 0. The van der Waals surface area contributed by atoms with Crippen molar-refractivity contribution in [2.24, 2.45) is 0 Å². The fourth-order valence-electron chi connectivity index (χ4n) is 2.54. The summed E-state index contributed by atoms with van der Waals surface area (Å²) in [6, 6.07) is 21.3. The minimum absolute atomic E-state index is 1.04. The van der Waals surface area contributed by atoms with Gasteiger partial charge >= 0.3 is 0 Å². The smallest absolute Gasteiger partial charge is 0.00112 e. The monoisotopic (exact) mass is 232 g/mol. The molecule has 0 amide bonds. The largest absolute Gasteiger partial charge is 0.0622 e. The minimum Gasteiger partial charge on any atom is -0.0622 e. The van der Waals surface area contributed by atoms with Gasteiger partial charge in [0, 0.05) is 0 Å². The van der Waals surface area contributed by atoms with Gasteiger partial charge in [-0.25, -0.2) is 0 Å². The maximum Gasteiger partial charge on any atom is -0.00112 e. The van der Waals surface area contributed by atoms with Crippen molar-refractivity contribution in [2.75, 3.05) is 0 Å². The molecule has 3 rings (SSSR count). The van der Waals surface area contributed by atoms with E-state index in [1.807, 2.05) is 0 Å². The Hall–Kier alpha value is -2.08. The van der Waals surface area contributed by atoms with Crippen molar-refractivity contribution in [3.05, 3.63) is 83.4 Å². The topological polar surface area (TPSA) is 0 Å². The summed E-state index contributed by atoms with van der Waals surface area (Å²) in [7, 11) is 0. The molecule has 0 fully saturated rings. The summed E-state index contributed by atoms with van der Waals surface area (Å²) >= 11 is 0. The van der Waals surface area contributed by atoms with E-state index < -0.39 is 0 Å². The quantitative estimate of drug-likeness (QED) is 0.687. The molecule has 18 heavy (non-hydrogen) atoms. The maximum atomic E-state index is 2.32. The molecule has 0 N–H and O–H groups in total. The maximum absolute atomic E-state index is 2.32. The lowest BCUT2D eigenvalue weighted by atomic mass is 9.98. The highest BCUT2D eigenvalue weighted by atomic mass is 14.2. The number of hydrogen-bond donors (Lipinski definition) is 0. The molecule has 0 heterocycles. The zero-order valence-electron chi connectivity index (χ0n) is 10.6. The first-order valence-corrected chi connectivity index (χ1v) is 6.36. The third-order valence-corrected chi connectivity index (χ3v) is 3.50. The molecule has 0 bridgehead atoms. The van der Waals surface area contributed by atoms with Crippen LogP contribution >= 0.6 is 0 Å². The molecule has 0 aliphatic heterocycles. The second kappa shape index (κ2) is 4.66. The zero-order chi connectivity index (χ0) is 12.4. The van der Waals surface area contributed by atoms with Crippen LogP contribution in [0.5, 0.6) is 0 Å².